The molecule has 0 bridgehead atoms. The molecule has 3 unspecified atom stereocenters. The monoisotopic (exact) mass is 338 g/mol. The number of imide groups is 1. The van der Waals surface area contributed by atoms with E-state index in [-0.39, 0.29) is 17.7 Å². The first-order chi connectivity index (χ1) is 12.0. The molecule has 4 rings (SSSR count). The van der Waals surface area contributed by atoms with Crippen LogP contribution in [0.3, 0.4) is 0 Å². The summed E-state index contributed by atoms with van der Waals surface area (Å²) < 4.78 is 7.18. The third-order valence-corrected chi connectivity index (χ3v) is 5.16. The molecule has 25 heavy (non-hydrogen) atoms. The number of hydrogen-bond donors (Lipinski definition) is 1. The highest BCUT2D eigenvalue weighted by molar-refractivity contribution is 6.08. The summed E-state index contributed by atoms with van der Waals surface area (Å²) >= 11 is 0. The van der Waals surface area contributed by atoms with E-state index in [0.717, 1.165) is 16.8 Å². The van der Waals surface area contributed by atoms with Gasteiger partial charge in [-0.1, -0.05) is 12.1 Å². The van der Waals surface area contributed by atoms with Crippen molar-refractivity contribution in [1.82, 2.24) is 9.88 Å². The number of carbonyl (C=O) groups excluding carboxylic acids is 3. The number of aryl methyl sites for hydroxylation is 1. The van der Waals surface area contributed by atoms with Gasteiger partial charge in [0.1, 0.15) is 5.75 Å². The highest BCUT2D eigenvalue weighted by Gasteiger charge is 2.51. The van der Waals surface area contributed by atoms with E-state index in [1.165, 1.54) is 6.92 Å². The van der Waals surface area contributed by atoms with Crippen molar-refractivity contribution < 1.29 is 19.1 Å². The van der Waals surface area contributed by atoms with Gasteiger partial charge in [-0.25, -0.2) is 0 Å². The lowest BCUT2D eigenvalue weighted by atomic mass is 9.69. The number of amides is 2. The summed E-state index contributed by atoms with van der Waals surface area (Å²) in [4.78, 5) is 36.0. The Kier molecular flexibility index (Phi) is 3.49. The molecule has 2 amide bonds. The highest BCUT2D eigenvalue weighted by Crippen LogP contribution is 2.47. The average Bonchev–Trinajstić information content (AvgIpc) is 3.07. The van der Waals surface area contributed by atoms with Crippen LogP contribution in [-0.4, -0.2) is 22.4 Å². The Labute approximate surface area is 144 Å². The number of fused-ring (bicyclic) bond motifs is 3. The number of ether oxygens (including phenoxy) is 1. The van der Waals surface area contributed by atoms with Crippen LogP contribution in [0.25, 0.3) is 0 Å². The molecule has 128 valence electrons. The van der Waals surface area contributed by atoms with Crippen molar-refractivity contribution in [2.24, 2.45) is 13.0 Å². The zero-order valence-electron chi connectivity index (χ0n) is 14.0. The van der Waals surface area contributed by atoms with E-state index in [9.17, 15) is 14.4 Å². The molecule has 1 aromatic heterocycles. The maximum absolute atomic E-state index is 12.5. The lowest BCUT2D eigenvalue weighted by molar-refractivity contribution is -0.132. The van der Waals surface area contributed by atoms with Crippen LogP contribution >= 0.6 is 0 Å². The number of carbonyl (C=O) groups is 3. The molecule has 1 aliphatic carbocycles. The smallest absolute Gasteiger partial charge is 0.308 e. The summed E-state index contributed by atoms with van der Waals surface area (Å²) in [7, 11) is 1.94. The first-order valence-corrected chi connectivity index (χ1v) is 8.23. The minimum atomic E-state index is -0.458. The van der Waals surface area contributed by atoms with Gasteiger partial charge in [-0.3, -0.25) is 19.7 Å². The summed E-state index contributed by atoms with van der Waals surface area (Å²) in [6.45, 7) is 1.35. The minimum Gasteiger partial charge on any atom is -0.427 e. The van der Waals surface area contributed by atoms with Crippen molar-refractivity contribution in [3.8, 4) is 5.75 Å². The fraction of sp³-hybridized carbons (Fsp3) is 0.316. The van der Waals surface area contributed by atoms with E-state index in [1.54, 1.807) is 18.2 Å². The summed E-state index contributed by atoms with van der Waals surface area (Å²) in [5.74, 6) is -1.44. The molecule has 1 N–H and O–H groups in total. The Hall–Kier alpha value is -2.89. The number of esters is 1. The SMILES string of the molecule is CC(=O)Oc1cccc(C2Cc3c(ccn3C)C3C(=O)NC(=O)C23)c1. The van der Waals surface area contributed by atoms with Crippen molar-refractivity contribution in [2.45, 2.75) is 25.2 Å². The predicted molar refractivity (Wildman–Crippen MR) is 89.0 cm³/mol. The van der Waals surface area contributed by atoms with E-state index in [0.29, 0.717) is 12.2 Å². The van der Waals surface area contributed by atoms with E-state index in [4.69, 9.17) is 4.74 Å². The van der Waals surface area contributed by atoms with E-state index >= 15 is 0 Å². The normalized spacial score (nSPS) is 24.5. The average molecular weight is 338 g/mol. The largest absolute Gasteiger partial charge is 0.427 e. The van der Waals surface area contributed by atoms with Crippen LogP contribution in [0.5, 0.6) is 5.75 Å². The van der Waals surface area contributed by atoms with Crippen LogP contribution in [0, 0.1) is 5.92 Å². The fourth-order valence-electron chi connectivity index (χ4n) is 4.11. The number of nitrogens with one attached hydrogen (secondary N) is 1. The molecule has 1 saturated heterocycles. The Morgan fingerprint density at radius 1 is 1.24 bits per heavy atom. The molecule has 6 heteroatoms. The lowest BCUT2D eigenvalue weighted by Crippen LogP contribution is -2.31. The predicted octanol–water partition coefficient (Wildman–Crippen LogP) is 1.65. The third kappa shape index (κ3) is 2.45. The second-order valence-corrected chi connectivity index (χ2v) is 6.66. The molecule has 6 nitrogen and oxygen atoms in total. The maximum Gasteiger partial charge on any atom is 0.308 e. The molecule has 1 fully saturated rings. The molecule has 1 aliphatic heterocycles. The van der Waals surface area contributed by atoms with Gasteiger partial charge >= 0.3 is 5.97 Å². The highest BCUT2D eigenvalue weighted by atomic mass is 16.5. The topological polar surface area (TPSA) is 77.4 Å². The Morgan fingerprint density at radius 2 is 2.04 bits per heavy atom. The summed E-state index contributed by atoms with van der Waals surface area (Å²) in [5, 5.41) is 2.48. The van der Waals surface area contributed by atoms with Crippen molar-refractivity contribution in [2.75, 3.05) is 0 Å². The van der Waals surface area contributed by atoms with Crippen LogP contribution < -0.4 is 10.1 Å². The van der Waals surface area contributed by atoms with Gasteiger partial charge in [0.2, 0.25) is 11.8 Å². The van der Waals surface area contributed by atoms with Gasteiger partial charge in [-0.15, -0.1) is 0 Å². The van der Waals surface area contributed by atoms with Crippen LogP contribution in [0.15, 0.2) is 36.5 Å². The molecular formula is C19H18N2O4. The number of nitrogens with zero attached hydrogens (tertiary/aromatic N) is 1. The first-order valence-electron chi connectivity index (χ1n) is 8.23. The molecular weight excluding hydrogens is 320 g/mol. The van der Waals surface area contributed by atoms with Gasteiger partial charge in [0, 0.05) is 31.8 Å². The van der Waals surface area contributed by atoms with Crippen molar-refractivity contribution >= 4 is 17.8 Å². The first kappa shape index (κ1) is 15.6. The van der Waals surface area contributed by atoms with Crippen molar-refractivity contribution in [3.63, 3.8) is 0 Å². The zero-order valence-corrected chi connectivity index (χ0v) is 14.0. The van der Waals surface area contributed by atoms with Gasteiger partial charge in [0.05, 0.1) is 11.8 Å². The van der Waals surface area contributed by atoms with Crippen LogP contribution in [0.4, 0.5) is 0 Å². The Balaban J connectivity index is 1.80. The third-order valence-electron chi connectivity index (χ3n) is 5.16. The molecule has 0 spiro atoms. The Bertz CT molecular complexity index is 899. The van der Waals surface area contributed by atoms with Crippen molar-refractivity contribution in [3.05, 3.63) is 53.3 Å². The molecule has 2 aromatic rings. The maximum atomic E-state index is 12.5. The minimum absolute atomic E-state index is 0.145. The number of rotatable bonds is 2. The summed E-state index contributed by atoms with van der Waals surface area (Å²) in [6.07, 6.45) is 2.58. The summed E-state index contributed by atoms with van der Waals surface area (Å²) in [6, 6.07) is 9.14. The molecule has 2 aliphatic rings. The van der Waals surface area contributed by atoms with Gasteiger partial charge in [-0.05, 0) is 35.7 Å². The van der Waals surface area contributed by atoms with E-state index in [2.05, 4.69) is 5.32 Å². The van der Waals surface area contributed by atoms with Crippen molar-refractivity contribution in [1.29, 1.82) is 0 Å². The molecule has 0 saturated carbocycles. The van der Waals surface area contributed by atoms with Gasteiger partial charge < -0.3 is 9.30 Å². The zero-order chi connectivity index (χ0) is 17.7. The second kappa shape index (κ2) is 5.58. The second-order valence-electron chi connectivity index (χ2n) is 6.66. The van der Waals surface area contributed by atoms with Crippen LogP contribution in [0.2, 0.25) is 0 Å². The van der Waals surface area contributed by atoms with Crippen LogP contribution in [0.1, 0.15) is 35.6 Å². The van der Waals surface area contributed by atoms with E-state index in [1.807, 2.05) is 29.9 Å². The standard InChI is InChI=1S/C19H18N2O4/c1-10(22)25-12-5-3-4-11(8-12)14-9-15-13(6-7-21(15)2)16-17(14)19(24)20-18(16)23/h3-8,14,16-17H,9H2,1-2H3,(H,20,23,24). The van der Waals surface area contributed by atoms with Gasteiger partial charge in [0.15, 0.2) is 0 Å². The number of hydrogen-bond acceptors (Lipinski definition) is 4. The fourth-order valence-corrected chi connectivity index (χ4v) is 4.11. The quantitative estimate of drug-likeness (QED) is 0.513. The van der Waals surface area contributed by atoms with Gasteiger partial charge in [-0.2, -0.15) is 0 Å². The number of benzene rings is 1. The molecule has 0 radical (unpaired) electrons. The molecule has 2 heterocycles. The molecule has 3 atom stereocenters. The summed E-state index contributed by atoms with van der Waals surface area (Å²) in [5.41, 5.74) is 2.89. The Morgan fingerprint density at radius 3 is 2.80 bits per heavy atom. The molecule has 1 aromatic carbocycles. The van der Waals surface area contributed by atoms with Crippen LogP contribution in [-0.2, 0) is 27.9 Å². The number of aromatic nitrogens is 1. The van der Waals surface area contributed by atoms with E-state index < -0.39 is 17.8 Å². The van der Waals surface area contributed by atoms with Gasteiger partial charge in [0.25, 0.3) is 0 Å². The lowest BCUT2D eigenvalue weighted by Gasteiger charge is -2.32.